The summed E-state index contributed by atoms with van der Waals surface area (Å²) in [6.45, 7) is 7.01. The van der Waals surface area contributed by atoms with Crippen LogP contribution in [-0.4, -0.2) is 44.4 Å². The van der Waals surface area contributed by atoms with E-state index in [9.17, 15) is 4.79 Å². The van der Waals surface area contributed by atoms with Crippen molar-refractivity contribution in [2.75, 3.05) is 13.1 Å². The van der Waals surface area contributed by atoms with Gasteiger partial charge in [0.1, 0.15) is 9.30 Å². The van der Waals surface area contributed by atoms with Crippen molar-refractivity contribution in [1.82, 2.24) is 19.7 Å². The molecule has 124 valence electrons. The highest BCUT2D eigenvalue weighted by Crippen LogP contribution is 2.27. The van der Waals surface area contributed by atoms with E-state index in [1.165, 1.54) is 0 Å². The van der Waals surface area contributed by atoms with E-state index in [4.69, 9.17) is 4.74 Å². The smallest absolute Gasteiger partial charge is 0.410 e. The number of nitrogens with zero attached hydrogens (tertiary/aromatic N) is 4. The van der Waals surface area contributed by atoms with Gasteiger partial charge in [-0.15, -0.1) is 0 Å². The average Bonchev–Trinajstić information content (AvgIpc) is 2.83. The molecule has 23 heavy (non-hydrogen) atoms. The Kier molecular flexibility index (Phi) is 4.48. The minimum Gasteiger partial charge on any atom is -0.444 e. The molecule has 0 spiro atoms. The molecule has 0 bridgehead atoms. The van der Waals surface area contributed by atoms with Crippen molar-refractivity contribution in [3.63, 3.8) is 0 Å². The van der Waals surface area contributed by atoms with E-state index in [0.717, 1.165) is 34.1 Å². The lowest BCUT2D eigenvalue weighted by atomic mass is 10.1. The second-order valence-corrected chi connectivity index (χ2v) is 7.85. The minimum atomic E-state index is -0.473. The minimum absolute atomic E-state index is 0.136. The molecule has 3 rings (SSSR count). The summed E-state index contributed by atoms with van der Waals surface area (Å²) in [5, 5.41) is 5.70. The molecule has 1 aliphatic heterocycles. The van der Waals surface area contributed by atoms with Crippen LogP contribution in [0, 0.1) is 3.70 Å². The van der Waals surface area contributed by atoms with Crippen molar-refractivity contribution in [2.24, 2.45) is 0 Å². The largest absolute Gasteiger partial charge is 0.444 e. The van der Waals surface area contributed by atoms with Gasteiger partial charge in [0, 0.05) is 19.3 Å². The second kappa shape index (κ2) is 6.26. The Hall–Kier alpha value is -1.38. The van der Waals surface area contributed by atoms with Gasteiger partial charge in [-0.05, 0) is 68.3 Å². The number of pyridine rings is 1. The summed E-state index contributed by atoms with van der Waals surface area (Å²) >= 11 is 2.23. The zero-order valence-electron chi connectivity index (χ0n) is 13.6. The molecule has 6 nitrogen and oxygen atoms in total. The maximum Gasteiger partial charge on any atom is 0.410 e. The van der Waals surface area contributed by atoms with Gasteiger partial charge in [-0.3, -0.25) is 0 Å². The maximum atomic E-state index is 12.3. The van der Waals surface area contributed by atoms with Crippen LogP contribution in [0.4, 0.5) is 4.79 Å². The molecule has 0 aliphatic carbocycles. The van der Waals surface area contributed by atoms with Crippen molar-refractivity contribution in [3.8, 4) is 0 Å². The first-order valence-electron chi connectivity index (χ1n) is 7.82. The molecule has 0 radical (unpaired) electrons. The summed E-state index contributed by atoms with van der Waals surface area (Å²) in [6.07, 6.45) is 3.46. The second-order valence-electron chi connectivity index (χ2n) is 6.83. The predicted octanol–water partition coefficient (Wildman–Crippen LogP) is 3.61. The molecule has 2 aromatic rings. The van der Waals surface area contributed by atoms with Gasteiger partial charge in [0.2, 0.25) is 0 Å². The summed E-state index contributed by atoms with van der Waals surface area (Å²) in [5.74, 6) is 0. The van der Waals surface area contributed by atoms with E-state index in [1.54, 1.807) is 11.1 Å². The van der Waals surface area contributed by atoms with Gasteiger partial charge in [-0.1, -0.05) is 0 Å². The first-order valence-corrected chi connectivity index (χ1v) is 8.90. The molecule has 0 aromatic carbocycles. The number of ether oxygens (including phenoxy) is 1. The third-order valence-electron chi connectivity index (χ3n) is 3.82. The van der Waals surface area contributed by atoms with Crippen molar-refractivity contribution < 1.29 is 9.53 Å². The van der Waals surface area contributed by atoms with Gasteiger partial charge in [0.15, 0.2) is 5.65 Å². The molecule has 1 unspecified atom stereocenters. The van der Waals surface area contributed by atoms with E-state index in [2.05, 4.69) is 32.7 Å². The van der Waals surface area contributed by atoms with Gasteiger partial charge >= 0.3 is 6.09 Å². The number of halogens is 1. The number of hydrogen-bond acceptors (Lipinski definition) is 4. The van der Waals surface area contributed by atoms with Crippen molar-refractivity contribution in [1.29, 1.82) is 0 Å². The highest BCUT2D eigenvalue weighted by Gasteiger charge is 2.30. The van der Waals surface area contributed by atoms with Gasteiger partial charge < -0.3 is 9.64 Å². The summed E-state index contributed by atoms with van der Waals surface area (Å²) in [6, 6.07) is 4.09. The number of fused-ring (bicyclic) bond motifs is 1. The average molecular weight is 428 g/mol. The molecule has 1 saturated heterocycles. The molecule has 0 saturated carbocycles. The van der Waals surface area contributed by atoms with Crippen LogP contribution in [0.15, 0.2) is 18.3 Å². The zero-order valence-corrected chi connectivity index (χ0v) is 15.8. The molecule has 1 fully saturated rings. The van der Waals surface area contributed by atoms with Gasteiger partial charge in [-0.25, -0.2) is 14.5 Å². The normalized spacial score (nSPS) is 19.1. The monoisotopic (exact) mass is 428 g/mol. The number of aromatic nitrogens is 3. The van der Waals surface area contributed by atoms with Crippen LogP contribution >= 0.6 is 22.6 Å². The summed E-state index contributed by atoms with van der Waals surface area (Å²) in [4.78, 5) is 18.6. The van der Waals surface area contributed by atoms with Crippen LogP contribution in [-0.2, 0) is 4.74 Å². The molecular formula is C16H21IN4O2. The fraction of sp³-hybridized carbons (Fsp3) is 0.562. The molecule has 1 amide bonds. The number of likely N-dealkylation sites (tertiary alicyclic amines) is 1. The Morgan fingerprint density at radius 1 is 1.43 bits per heavy atom. The maximum absolute atomic E-state index is 12.3. The quantitative estimate of drug-likeness (QED) is 0.652. The molecular weight excluding hydrogens is 407 g/mol. The molecule has 3 heterocycles. The Labute approximate surface area is 149 Å². The first-order chi connectivity index (χ1) is 10.8. The van der Waals surface area contributed by atoms with Crippen molar-refractivity contribution >= 4 is 39.7 Å². The summed E-state index contributed by atoms with van der Waals surface area (Å²) in [5.41, 5.74) is 0.409. The van der Waals surface area contributed by atoms with Crippen LogP contribution in [0.25, 0.3) is 11.0 Å². The van der Waals surface area contributed by atoms with E-state index in [1.807, 2.05) is 37.6 Å². The number of carbonyl (C=O) groups is 1. The third kappa shape index (κ3) is 3.59. The molecule has 7 heteroatoms. The lowest BCUT2D eigenvalue weighted by molar-refractivity contribution is 0.0169. The fourth-order valence-corrected chi connectivity index (χ4v) is 3.49. The number of rotatable bonds is 1. The lowest BCUT2D eigenvalue weighted by Crippen LogP contribution is -2.43. The number of hydrogen-bond donors (Lipinski definition) is 0. The van der Waals surface area contributed by atoms with E-state index >= 15 is 0 Å². The fourth-order valence-electron chi connectivity index (χ4n) is 2.84. The Morgan fingerprint density at radius 2 is 2.22 bits per heavy atom. The Balaban J connectivity index is 1.82. The third-order valence-corrected chi connectivity index (χ3v) is 4.61. The Morgan fingerprint density at radius 3 is 2.96 bits per heavy atom. The zero-order chi connectivity index (χ0) is 16.6. The number of piperidine rings is 1. The Bertz CT molecular complexity index is 722. The van der Waals surface area contributed by atoms with Gasteiger partial charge in [-0.2, -0.15) is 5.10 Å². The van der Waals surface area contributed by atoms with Crippen LogP contribution < -0.4 is 0 Å². The van der Waals surface area contributed by atoms with Gasteiger partial charge in [0.25, 0.3) is 0 Å². The van der Waals surface area contributed by atoms with E-state index < -0.39 is 5.60 Å². The first kappa shape index (κ1) is 16.5. The predicted molar refractivity (Wildman–Crippen MR) is 96.3 cm³/mol. The molecule has 1 aliphatic rings. The molecule has 0 N–H and O–H groups in total. The highest BCUT2D eigenvalue weighted by molar-refractivity contribution is 14.1. The van der Waals surface area contributed by atoms with Crippen LogP contribution in [0.2, 0.25) is 0 Å². The standard InChI is InChI=1S/C16H21IN4O2/c1-16(2,3)23-15(22)20-9-5-6-11(10-20)21-14-12(13(17)19-21)7-4-8-18-14/h4,7-8,11H,5-6,9-10H2,1-3H3. The van der Waals surface area contributed by atoms with Crippen molar-refractivity contribution in [3.05, 3.63) is 22.0 Å². The van der Waals surface area contributed by atoms with E-state index in [-0.39, 0.29) is 12.1 Å². The number of amides is 1. The highest BCUT2D eigenvalue weighted by atomic mass is 127. The van der Waals surface area contributed by atoms with Crippen LogP contribution in [0.3, 0.4) is 0 Å². The number of carbonyl (C=O) groups excluding carboxylic acids is 1. The molecule has 1 atom stereocenters. The summed E-state index contributed by atoms with van der Waals surface area (Å²) in [7, 11) is 0. The van der Waals surface area contributed by atoms with Crippen molar-refractivity contribution in [2.45, 2.75) is 45.3 Å². The van der Waals surface area contributed by atoms with Crippen LogP contribution in [0.1, 0.15) is 39.7 Å². The topological polar surface area (TPSA) is 60.2 Å². The SMILES string of the molecule is CC(C)(C)OC(=O)N1CCCC(n2nc(I)c3cccnc32)C1. The summed E-state index contributed by atoms with van der Waals surface area (Å²) < 4.78 is 8.40. The lowest BCUT2D eigenvalue weighted by Gasteiger charge is -2.34. The van der Waals surface area contributed by atoms with E-state index in [0.29, 0.717) is 6.54 Å². The van der Waals surface area contributed by atoms with Gasteiger partial charge in [0.05, 0.1) is 11.4 Å². The van der Waals surface area contributed by atoms with Crippen LogP contribution in [0.5, 0.6) is 0 Å². The molecule has 2 aromatic heterocycles.